The second-order valence-electron chi connectivity index (χ2n) is 2.87. The van der Waals surface area contributed by atoms with E-state index in [2.05, 4.69) is 0 Å². The summed E-state index contributed by atoms with van der Waals surface area (Å²) >= 11 is 0. The Bertz CT molecular complexity index is 258. The summed E-state index contributed by atoms with van der Waals surface area (Å²) in [4.78, 5) is 0. The van der Waals surface area contributed by atoms with Gasteiger partial charge in [-0.1, -0.05) is 0 Å². The molecule has 0 aliphatic heterocycles. The van der Waals surface area contributed by atoms with Gasteiger partial charge in [0.05, 0.1) is 7.05 Å². The van der Waals surface area contributed by atoms with Crippen LogP contribution < -0.4 is 4.57 Å². The molecule has 0 unspecified atom stereocenters. The SMILES string of the molecule is CCOCOCn1cc[n+](C)c1C. The molecule has 1 heterocycles. The highest BCUT2D eigenvalue weighted by Gasteiger charge is 2.07. The third kappa shape index (κ3) is 2.82. The molecule has 0 aliphatic rings. The molecule has 1 aromatic rings. The molecule has 1 aromatic heterocycles. The van der Waals surface area contributed by atoms with Gasteiger partial charge >= 0.3 is 0 Å². The minimum absolute atomic E-state index is 0.359. The van der Waals surface area contributed by atoms with E-state index < -0.39 is 0 Å². The molecule has 0 saturated heterocycles. The Labute approximate surface area is 78.7 Å². The monoisotopic (exact) mass is 185 g/mol. The normalized spacial score (nSPS) is 10.7. The zero-order chi connectivity index (χ0) is 9.68. The average molecular weight is 185 g/mol. The molecular formula is C9H17N2O2+. The fourth-order valence-corrected chi connectivity index (χ4v) is 1.01. The van der Waals surface area contributed by atoms with Crippen molar-refractivity contribution in [2.75, 3.05) is 13.4 Å². The van der Waals surface area contributed by atoms with Crippen LogP contribution >= 0.6 is 0 Å². The van der Waals surface area contributed by atoms with Gasteiger partial charge in [0.15, 0.2) is 13.5 Å². The van der Waals surface area contributed by atoms with Crippen LogP contribution in [0.3, 0.4) is 0 Å². The molecule has 0 spiro atoms. The predicted molar refractivity (Wildman–Crippen MR) is 47.9 cm³/mol. The zero-order valence-corrected chi connectivity index (χ0v) is 8.49. The van der Waals surface area contributed by atoms with Crippen LogP contribution in [0.5, 0.6) is 0 Å². The van der Waals surface area contributed by atoms with E-state index in [-0.39, 0.29) is 0 Å². The Hall–Kier alpha value is -0.870. The maximum Gasteiger partial charge on any atom is 0.254 e. The lowest BCUT2D eigenvalue weighted by molar-refractivity contribution is -0.677. The molecule has 4 nitrogen and oxygen atoms in total. The number of aryl methyl sites for hydroxylation is 1. The summed E-state index contributed by atoms with van der Waals surface area (Å²) in [6.07, 6.45) is 3.99. The maximum atomic E-state index is 5.28. The molecule has 0 atom stereocenters. The van der Waals surface area contributed by atoms with Gasteiger partial charge in [-0.25, -0.2) is 9.13 Å². The average Bonchev–Trinajstić information content (AvgIpc) is 2.43. The van der Waals surface area contributed by atoms with Crippen molar-refractivity contribution in [3.8, 4) is 0 Å². The second-order valence-corrected chi connectivity index (χ2v) is 2.87. The van der Waals surface area contributed by atoms with Gasteiger partial charge in [0.25, 0.3) is 5.82 Å². The number of imidazole rings is 1. The van der Waals surface area contributed by atoms with Crippen LogP contribution in [0.25, 0.3) is 0 Å². The van der Waals surface area contributed by atoms with E-state index in [0.29, 0.717) is 20.1 Å². The molecule has 0 bridgehead atoms. The van der Waals surface area contributed by atoms with Crippen LogP contribution in [0.2, 0.25) is 0 Å². The summed E-state index contributed by atoms with van der Waals surface area (Å²) in [6, 6.07) is 0. The molecule has 0 N–H and O–H groups in total. The van der Waals surface area contributed by atoms with Crippen LogP contribution in [0.15, 0.2) is 12.4 Å². The van der Waals surface area contributed by atoms with Crippen molar-refractivity contribution in [2.45, 2.75) is 20.6 Å². The molecule has 0 radical (unpaired) electrons. The number of rotatable bonds is 5. The van der Waals surface area contributed by atoms with E-state index in [1.165, 1.54) is 0 Å². The lowest BCUT2D eigenvalue weighted by Gasteiger charge is -2.01. The van der Waals surface area contributed by atoms with Crippen molar-refractivity contribution >= 4 is 0 Å². The van der Waals surface area contributed by atoms with Crippen molar-refractivity contribution in [3.05, 3.63) is 18.2 Å². The Balaban J connectivity index is 2.32. The number of nitrogens with zero attached hydrogens (tertiary/aromatic N) is 2. The van der Waals surface area contributed by atoms with E-state index in [0.717, 1.165) is 5.82 Å². The van der Waals surface area contributed by atoms with Gasteiger partial charge in [0, 0.05) is 13.5 Å². The number of ether oxygens (including phenoxy) is 2. The van der Waals surface area contributed by atoms with Gasteiger partial charge in [-0.2, -0.15) is 0 Å². The Morgan fingerprint density at radius 3 is 2.77 bits per heavy atom. The molecular weight excluding hydrogens is 168 g/mol. The Morgan fingerprint density at radius 2 is 2.23 bits per heavy atom. The van der Waals surface area contributed by atoms with Gasteiger partial charge in [0.1, 0.15) is 12.4 Å². The number of aromatic nitrogens is 2. The second kappa shape index (κ2) is 4.99. The van der Waals surface area contributed by atoms with Crippen LogP contribution in [0.4, 0.5) is 0 Å². The summed E-state index contributed by atoms with van der Waals surface area (Å²) in [5, 5.41) is 0. The third-order valence-electron chi connectivity index (χ3n) is 2.00. The van der Waals surface area contributed by atoms with Crippen molar-refractivity contribution in [3.63, 3.8) is 0 Å². The van der Waals surface area contributed by atoms with E-state index >= 15 is 0 Å². The molecule has 0 fully saturated rings. The quantitative estimate of drug-likeness (QED) is 0.381. The largest absolute Gasteiger partial charge is 0.356 e. The first-order valence-corrected chi connectivity index (χ1v) is 4.42. The molecule has 4 heteroatoms. The van der Waals surface area contributed by atoms with Gasteiger partial charge < -0.3 is 9.47 Å². The Kier molecular flexibility index (Phi) is 3.92. The summed E-state index contributed by atoms with van der Waals surface area (Å²) in [7, 11) is 2.01. The zero-order valence-electron chi connectivity index (χ0n) is 8.49. The van der Waals surface area contributed by atoms with Crippen LogP contribution in [0, 0.1) is 6.92 Å². The molecule has 1 rings (SSSR count). The standard InChI is InChI=1S/C9H17N2O2/c1-4-12-8-13-7-11-6-5-10(3)9(11)2/h5-6H,4,7-8H2,1-3H3/q+1. The van der Waals surface area contributed by atoms with Gasteiger partial charge in [-0.05, 0) is 6.92 Å². The molecule has 74 valence electrons. The molecule has 0 aliphatic carbocycles. The highest BCUT2D eigenvalue weighted by molar-refractivity contribution is 4.77. The van der Waals surface area contributed by atoms with E-state index in [4.69, 9.17) is 9.47 Å². The van der Waals surface area contributed by atoms with Crippen LogP contribution in [-0.2, 0) is 23.3 Å². The fourth-order valence-electron chi connectivity index (χ4n) is 1.01. The van der Waals surface area contributed by atoms with Crippen molar-refractivity contribution in [1.29, 1.82) is 0 Å². The lowest BCUT2D eigenvalue weighted by atomic mass is 10.7. The highest BCUT2D eigenvalue weighted by atomic mass is 16.7. The minimum Gasteiger partial charge on any atom is -0.356 e. The van der Waals surface area contributed by atoms with Crippen molar-refractivity contribution in [2.24, 2.45) is 7.05 Å². The lowest BCUT2D eigenvalue weighted by Crippen LogP contribution is -2.29. The molecule has 0 saturated carbocycles. The molecule has 0 amide bonds. The first-order valence-electron chi connectivity index (χ1n) is 4.42. The predicted octanol–water partition coefficient (Wildman–Crippen LogP) is 0.589. The van der Waals surface area contributed by atoms with Crippen LogP contribution in [-0.4, -0.2) is 18.0 Å². The van der Waals surface area contributed by atoms with E-state index in [1.54, 1.807) is 0 Å². The van der Waals surface area contributed by atoms with Gasteiger partial charge in [-0.15, -0.1) is 0 Å². The molecule has 13 heavy (non-hydrogen) atoms. The fraction of sp³-hybridized carbons (Fsp3) is 0.667. The van der Waals surface area contributed by atoms with E-state index in [9.17, 15) is 0 Å². The first kappa shape index (κ1) is 10.2. The van der Waals surface area contributed by atoms with Crippen molar-refractivity contribution < 1.29 is 14.0 Å². The first-order chi connectivity index (χ1) is 6.25. The number of hydrogen-bond acceptors (Lipinski definition) is 2. The number of hydrogen-bond donors (Lipinski definition) is 0. The smallest absolute Gasteiger partial charge is 0.254 e. The Morgan fingerprint density at radius 1 is 1.46 bits per heavy atom. The summed E-state index contributed by atoms with van der Waals surface area (Å²) in [5.41, 5.74) is 0. The topological polar surface area (TPSA) is 27.3 Å². The van der Waals surface area contributed by atoms with Crippen LogP contribution in [0.1, 0.15) is 12.7 Å². The third-order valence-corrected chi connectivity index (χ3v) is 2.00. The van der Waals surface area contributed by atoms with Crippen molar-refractivity contribution in [1.82, 2.24) is 4.57 Å². The maximum absolute atomic E-state index is 5.28. The summed E-state index contributed by atoms with van der Waals surface area (Å²) < 4.78 is 14.4. The minimum atomic E-state index is 0.359. The van der Waals surface area contributed by atoms with E-state index in [1.807, 2.05) is 42.4 Å². The summed E-state index contributed by atoms with van der Waals surface area (Å²) in [5.74, 6) is 1.16. The van der Waals surface area contributed by atoms with Gasteiger partial charge in [0.2, 0.25) is 0 Å². The van der Waals surface area contributed by atoms with Gasteiger partial charge in [-0.3, -0.25) is 0 Å². The summed E-state index contributed by atoms with van der Waals surface area (Å²) in [6.45, 7) is 5.59. The highest BCUT2D eigenvalue weighted by Crippen LogP contribution is 1.93. The molecule has 0 aromatic carbocycles.